The number of carbonyl (C=O) groups excluding carboxylic acids is 1. The highest BCUT2D eigenvalue weighted by molar-refractivity contribution is 5.92. The summed E-state index contributed by atoms with van der Waals surface area (Å²) in [4.78, 5) is 24.5. The SMILES string of the molecule is O=C(O)CC1CCN(C(=O)c2cc(C3CC3)on2)C1. The Bertz CT molecular complexity index is 506. The van der Waals surface area contributed by atoms with Crippen LogP contribution in [0.25, 0.3) is 0 Å². The molecule has 19 heavy (non-hydrogen) atoms. The quantitative estimate of drug-likeness (QED) is 0.890. The van der Waals surface area contributed by atoms with E-state index in [1.807, 2.05) is 0 Å². The maximum absolute atomic E-state index is 12.2. The van der Waals surface area contributed by atoms with E-state index in [1.165, 1.54) is 0 Å². The highest BCUT2D eigenvalue weighted by atomic mass is 16.5. The van der Waals surface area contributed by atoms with Gasteiger partial charge in [0.1, 0.15) is 5.76 Å². The van der Waals surface area contributed by atoms with Crippen molar-refractivity contribution in [2.24, 2.45) is 5.92 Å². The number of aromatic nitrogens is 1. The fourth-order valence-electron chi connectivity index (χ4n) is 2.54. The van der Waals surface area contributed by atoms with E-state index < -0.39 is 5.97 Å². The van der Waals surface area contributed by atoms with Gasteiger partial charge in [-0.15, -0.1) is 0 Å². The molecule has 1 unspecified atom stereocenters. The van der Waals surface area contributed by atoms with Gasteiger partial charge in [-0.2, -0.15) is 0 Å². The predicted molar refractivity (Wildman–Crippen MR) is 64.7 cm³/mol. The van der Waals surface area contributed by atoms with Gasteiger partial charge in [0.05, 0.1) is 0 Å². The Labute approximate surface area is 110 Å². The van der Waals surface area contributed by atoms with Crippen molar-refractivity contribution in [3.8, 4) is 0 Å². The number of hydrogen-bond donors (Lipinski definition) is 1. The summed E-state index contributed by atoms with van der Waals surface area (Å²) in [6.07, 6.45) is 3.07. The molecular weight excluding hydrogens is 248 g/mol. The van der Waals surface area contributed by atoms with Crippen LogP contribution in [0.3, 0.4) is 0 Å². The first kappa shape index (κ1) is 12.2. The summed E-state index contributed by atoms with van der Waals surface area (Å²) >= 11 is 0. The van der Waals surface area contributed by atoms with Crippen LogP contribution in [0.5, 0.6) is 0 Å². The Hall–Kier alpha value is -1.85. The molecule has 1 saturated heterocycles. The Morgan fingerprint density at radius 2 is 2.21 bits per heavy atom. The van der Waals surface area contributed by atoms with E-state index in [0.29, 0.717) is 24.7 Å². The smallest absolute Gasteiger partial charge is 0.303 e. The van der Waals surface area contributed by atoms with Crippen LogP contribution in [-0.2, 0) is 4.79 Å². The maximum Gasteiger partial charge on any atom is 0.303 e. The van der Waals surface area contributed by atoms with Crippen molar-refractivity contribution in [2.45, 2.75) is 31.6 Å². The van der Waals surface area contributed by atoms with Crippen molar-refractivity contribution in [1.29, 1.82) is 0 Å². The first-order valence-electron chi connectivity index (χ1n) is 6.61. The molecule has 1 N–H and O–H groups in total. The summed E-state index contributed by atoms with van der Waals surface area (Å²) in [5.41, 5.74) is 0.345. The zero-order valence-corrected chi connectivity index (χ0v) is 10.5. The fourth-order valence-corrected chi connectivity index (χ4v) is 2.54. The van der Waals surface area contributed by atoms with Crippen molar-refractivity contribution in [1.82, 2.24) is 10.1 Å². The van der Waals surface area contributed by atoms with Crippen molar-refractivity contribution < 1.29 is 19.2 Å². The minimum atomic E-state index is -0.809. The average molecular weight is 264 g/mol. The van der Waals surface area contributed by atoms with Crippen molar-refractivity contribution in [3.63, 3.8) is 0 Å². The van der Waals surface area contributed by atoms with Gasteiger partial charge in [-0.3, -0.25) is 9.59 Å². The van der Waals surface area contributed by atoms with Crippen molar-refractivity contribution >= 4 is 11.9 Å². The number of amides is 1. The van der Waals surface area contributed by atoms with Gasteiger partial charge in [0.25, 0.3) is 5.91 Å². The number of aliphatic carboxylic acids is 1. The lowest BCUT2D eigenvalue weighted by molar-refractivity contribution is -0.138. The summed E-state index contributed by atoms with van der Waals surface area (Å²) < 4.78 is 5.17. The number of rotatable bonds is 4. The minimum Gasteiger partial charge on any atom is -0.481 e. The largest absolute Gasteiger partial charge is 0.481 e. The third-order valence-corrected chi connectivity index (χ3v) is 3.76. The summed E-state index contributed by atoms with van der Waals surface area (Å²) in [6, 6.07) is 1.73. The van der Waals surface area contributed by atoms with Gasteiger partial charge < -0.3 is 14.5 Å². The van der Waals surface area contributed by atoms with Crippen LogP contribution >= 0.6 is 0 Å². The van der Waals surface area contributed by atoms with E-state index in [4.69, 9.17) is 9.63 Å². The number of carboxylic acid groups (broad SMARTS) is 1. The molecule has 6 nitrogen and oxygen atoms in total. The molecule has 2 aliphatic rings. The molecule has 1 aromatic heterocycles. The topological polar surface area (TPSA) is 83.6 Å². The van der Waals surface area contributed by atoms with E-state index in [9.17, 15) is 9.59 Å². The summed E-state index contributed by atoms with van der Waals surface area (Å²) in [6.45, 7) is 1.10. The molecule has 1 aliphatic heterocycles. The molecular formula is C13H16N2O4. The predicted octanol–water partition coefficient (Wildman–Crippen LogP) is 1.49. The second-order valence-corrected chi connectivity index (χ2v) is 5.39. The normalized spacial score (nSPS) is 22.7. The third kappa shape index (κ3) is 2.62. The van der Waals surface area contributed by atoms with E-state index >= 15 is 0 Å². The van der Waals surface area contributed by atoms with E-state index in [2.05, 4.69) is 5.16 Å². The molecule has 1 saturated carbocycles. The molecule has 1 atom stereocenters. The first-order valence-corrected chi connectivity index (χ1v) is 6.61. The summed E-state index contributed by atoms with van der Waals surface area (Å²) in [5.74, 6) is 0.327. The molecule has 1 amide bonds. The summed E-state index contributed by atoms with van der Waals surface area (Å²) in [7, 11) is 0. The number of nitrogens with zero attached hydrogens (tertiary/aromatic N) is 2. The second kappa shape index (κ2) is 4.68. The van der Waals surface area contributed by atoms with Crippen LogP contribution < -0.4 is 0 Å². The standard InChI is InChI=1S/C13H16N2O4/c16-12(17)5-8-3-4-15(7-8)13(18)10-6-11(19-14-10)9-1-2-9/h6,8-9H,1-5,7H2,(H,16,17). The molecule has 0 spiro atoms. The molecule has 0 aromatic carbocycles. The molecule has 102 valence electrons. The molecule has 0 bridgehead atoms. The van der Waals surface area contributed by atoms with Crippen LogP contribution in [0.4, 0.5) is 0 Å². The zero-order chi connectivity index (χ0) is 13.4. The minimum absolute atomic E-state index is 0.0521. The molecule has 2 heterocycles. The second-order valence-electron chi connectivity index (χ2n) is 5.39. The molecule has 3 rings (SSSR count). The summed E-state index contributed by atoms with van der Waals surface area (Å²) in [5, 5.41) is 12.6. The Balaban J connectivity index is 1.62. The lowest BCUT2D eigenvalue weighted by Crippen LogP contribution is -2.29. The van der Waals surface area contributed by atoms with Gasteiger partial charge in [0.2, 0.25) is 0 Å². The number of hydrogen-bond acceptors (Lipinski definition) is 4. The van der Waals surface area contributed by atoms with Crippen LogP contribution in [-0.4, -0.2) is 40.1 Å². The van der Waals surface area contributed by atoms with Gasteiger partial charge in [-0.25, -0.2) is 0 Å². The number of likely N-dealkylation sites (tertiary alicyclic amines) is 1. The zero-order valence-electron chi connectivity index (χ0n) is 10.5. The maximum atomic E-state index is 12.2. The number of carbonyl (C=O) groups is 2. The Morgan fingerprint density at radius 3 is 2.89 bits per heavy atom. The van der Waals surface area contributed by atoms with Gasteiger partial charge in [0.15, 0.2) is 5.69 Å². The van der Waals surface area contributed by atoms with E-state index in [0.717, 1.165) is 25.0 Å². The van der Waals surface area contributed by atoms with Crippen LogP contribution in [0.15, 0.2) is 10.6 Å². The number of carboxylic acids is 1. The molecule has 6 heteroatoms. The van der Waals surface area contributed by atoms with Crippen molar-refractivity contribution in [2.75, 3.05) is 13.1 Å². The molecule has 1 aromatic rings. The molecule has 1 aliphatic carbocycles. The highest BCUT2D eigenvalue weighted by Crippen LogP contribution is 2.40. The van der Waals surface area contributed by atoms with Crippen LogP contribution in [0.1, 0.15) is 47.8 Å². The van der Waals surface area contributed by atoms with E-state index in [1.54, 1.807) is 11.0 Å². The van der Waals surface area contributed by atoms with Crippen LogP contribution in [0.2, 0.25) is 0 Å². The van der Waals surface area contributed by atoms with E-state index in [-0.39, 0.29) is 18.2 Å². The van der Waals surface area contributed by atoms with Crippen LogP contribution in [0, 0.1) is 5.92 Å². The highest BCUT2D eigenvalue weighted by Gasteiger charge is 2.32. The van der Waals surface area contributed by atoms with Crippen molar-refractivity contribution in [3.05, 3.63) is 17.5 Å². The van der Waals surface area contributed by atoms with Gasteiger partial charge >= 0.3 is 5.97 Å². The third-order valence-electron chi connectivity index (χ3n) is 3.76. The average Bonchev–Trinajstić information content (AvgIpc) is 2.92. The molecule has 0 radical (unpaired) electrons. The van der Waals surface area contributed by atoms with Gasteiger partial charge in [-0.05, 0) is 25.2 Å². The monoisotopic (exact) mass is 264 g/mol. The fraction of sp³-hybridized carbons (Fsp3) is 0.615. The van der Waals surface area contributed by atoms with Gasteiger partial charge in [-0.1, -0.05) is 5.16 Å². The Morgan fingerprint density at radius 1 is 1.42 bits per heavy atom. The first-order chi connectivity index (χ1) is 9.13. The molecule has 2 fully saturated rings. The van der Waals surface area contributed by atoms with Gasteiger partial charge in [0, 0.05) is 31.5 Å². The lowest BCUT2D eigenvalue weighted by atomic mass is 10.1. The lowest BCUT2D eigenvalue weighted by Gasteiger charge is -2.13. The Kier molecular flexibility index (Phi) is 3.00.